The minimum absolute atomic E-state index is 0.247. The molecule has 5 heteroatoms. The quantitative estimate of drug-likeness (QED) is 0.568. The van der Waals surface area contributed by atoms with Gasteiger partial charge in [0.1, 0.15) is 5.82 Å². The Balaban J connectivity index is 2.31. The highest BCUT2D eigenvalue weighted by atomic mass is 127. The number of benzene rings is 2. The Labute approximate surface area is 121 Å². The Morgan fingerprint density at radius 2 is 1.82 bits per heavy atom. The van der Waals surface area contributed by atoms with Crippen molar-refractivity contribution in [2.75, 3.05) is 11.1 Å². The summed E-state index contributed by atoms with van der Waals surface area (Å²) in [5.41, 5.74) is 8.16. The van der Waals surface area contributed by atoms with Gasteiger partial charge in [-0.3, -0.25) is 0 Å². The van der Waals surface area contributed by atoms with Crippen LogP contribution in [0.5, 0.6) is 0 Å². The summed E-state index contributed by atoms with van der Waals surface area (Å²) in [5, 5.41) is 3.17. The number of nitrogen functional groups attached to an aromatic ring is 1. The molecule has 2 aromatic rings. The van der Waals surface area contributed by atoms with Crippen molar-refractivity contribution < 1.29 is 4.39 Å². The van der Waals surface area contributed by atoms with Gasteiger partial charge in [-0.15, -0.1) is 0 Å². The number of hydrogen-bond acceptors (Lipinski definition) is 2. The molecule has 2 aromatic carbocycles. The van der Waals surface area contributed by atoms with Gasteiger partial charge in [-0.05, 0) is 59.0 Å². The van der Waals surface area contributed by atoms with E-state index in [0.29, 0.717) is 5.69 Å². The number of halogens is 3. The molecule has 0 spiro atoms. The Morgan fingerprint density at radius 1 is 1.12 bits per heavy atom. The summed E-state index contributed by atoms with van der Waals surface area (Å²) in [6, 6.07) is 10.2. The molecule has 0 bridgehead atoms. The van der Waals surface area contributed by atoms with E-state index in [1.165, 1.54) is 12.1 Å². The zero-order chi connectivity index (χ0) is 12.4. The van der Waals surface area contributed by atoms with Gasteiger partial charge in [-0.25, -0.2) is 4.39 Å². The number of nitrogens with one attached hydrogen (secondary N) is 1. The van der Waals surface area contributed by atoms with E-state index in [1.807, 2.05) is 18.2 Å². The molecular weight excluding hydrogens is 398 g/mol. The van der Waals surface area contributed by atoms with E-state index in [4.69, 9.17) is 5.73 Å². The molecule has 0 aliphatic heterocycles. The van der Waals surface area contributed by atoms with Crippen molar-refractivity contribution in [1.82, 2.24) is 0 Å². The van der Waals surface area contributed by atoms with E-state index >= 15 is 0 Å². The van der Waals surface area contributed by atoms with Gasteiger partial charge < -0.3 is 11.1 Å². The van der Waals surface area contributed by atoms with Crippen LogP contribution in [0.1, 0.15) is 0 Å². The Kier molecular flexibility index (Phi) is 3.88. The van der Waals surface area contributed by atoms with Crippen LogP contribution in [0.3, 0.4) is 0 Å². The van der Waals surface area contributed by atoms with Crippen LogP contribution >= 0.6 is 38.5 Å². The van der Waals surface area contributed by atoms with Crippen molar-refractivity contribution in [3.05, 3.63) is 50.3 Å². The van der Waals surface area contributed by atoms with Crippen molar-refractivity contribution in [2.45, 2.75) is 0 Å². The van der Waals surface area contributed by atoms with Gasteiger partial charge in [-0.2, -0.15) is 0 Å². The lowest BCUT2D eigenvalue weighted by atomic mass is 10.2. The normalized spacial score (nSPS) is 10.3. The van der Waals surface area contributed by atoms with E-state index in [1.54, 1.807) is 6.07 Å². The predicted octanol–water partition coefficient (Wildman–Crippen LogP) is 4.52. The molecule has 0 aromatic heterocycles. The summed E-state index contributed by atoms with van der Waals surface area (Å²) in [6.45, 7) is 0. The van der Waals surface area contributed by atoms with Gasteiger partial charge >= 0.3 is 0 Å². The van der Waals surface area contributed by atoms with E-state index in [9.17, 15) is 4.39 Å². The van der Waals surface area contributed by atoms with Crippen molar-refractivity contribution in [1.29, 1.82) is 0 Å². The first-order valence-corrected chi connectivity index (χ1v) is 6.70. The van der Waals surface area contributed by atoms with Gasteiger partial charge in [0.2, 0.25) is 0 Å². The highest BCUT2D eigenvalue weighted by Crippen LogP contribution is 2.28. The molecule has 0 radical (unpaired) electrons. The van der Waals surface area contributed by atoms with Crippen LogP contribution in [0, 0.1) is 9.39 Å². The first-order chi connectivity index (χ1) is 8.06. The van der Waals surface area contributed by atoms with E-state index in [-0.39, 0.29) is 5.82 Å². The van der Waals surface area contributed by atoms with Crippen molar-refractivity contribution in [3.63, 3.8) is 0 Å². The van der Waals surface area contributed by atoms with Gasteiger partial charge in [0.15, 0.2) is 0 Å². The lowest BCUT2D eigenvalue weighted by Crippen LogP contribution is -1.98. The lowest BCUT2D eigenvalue weighted by Gasteiger charge is -2.11. The smallest absolute Gasteiger partial charge is 0.124 e. The van der Waals surface area contributed by atoms with E-state index in [0.717, 1.165) is 19.4 Å². The van der Waals surface area contributed by atoms with Crippen molar-refractivity contribution in [3.8, 4) is 0 Å². The summed E-state index contributed by atoms with van der Waals surface area (Å²) >= 11 is 5.43. The van der Waals surface area contributed by atoms with Crippen LogP contribution in [-0.2, 0) is 0 Å². The largest absolute Gasteiger partial charge is 0.397 e. The first-order valence-electron chi connectivity index (χ1n) is 4.83. The van der Waals surface area contributed by atoms with Gasteiger partial charge in [-0.1, -0.05) is 15.9 Å². The molecule has 0 amide bonds. The molecule has 0 fully saturated rings. The second-order valence-corrected chi connectivity index (χ2v) is 5.56. The summed E-state index contributed by atoms with van der Waals surface area (Å²) < 4.78 is 14.7. The molecule has 0 aliphatic rings. The van der Waals surface area contributed by atoms with Crippen LogP contribution in [0.15, 0.2) is 40.9 Å². The average molecular weight is 407 g/mol. The second-order valence-electron chi connectivity index (χ2n) is 3.48. The minimum atomic E-state index is -0.247. The van der Waals surface area contributed by atoms with E-state index in [2.05, 4.69) is 43.8 Å². The fourth-order valence-electron chi connectivity index (χ4n) is 1.38. The summed E-state index contributed by atoms with van der Waals surface area (Å²) in [6.07, 6.45) is 0. The number of hydrogen-bond donors (Lipinski definition) is 2. The maximum atomic E-state index is 13.0. The number of anilines is 3. The predicted molar refractivity (Wildman–Crippen MR) is 81.0 cm³/mol. The van der Waals surface area contributed by atoms with Crippen LogP contribution < -0.4 is 11.1 Å². The Morgan fingerprint density at radius 3 is 2.47 bits per heavy atom. The molecule has 2 nitrogen and oxygen atoms in total. The maximum absolute atomic E-state index is 13.0. The average Bonchev–Trinajstić information content (AvgIpc) is 2.25. The molecule has 17 heavy (non-hydrogen) atoms. The fraction of sp³-hybridized carbons (Fsp3) is 0. The monoisotopic (exact) mass is 406 g/mol. The van der Waals surface area contributed by atoms with Crippen LogP contribution in [-0.4, -0.2) is 0 Å². The zero-order valence-corrected chi connectivity index (χ0v) is 12.4. The third-order valence-corrected chi connectivity index (χ3v) is 3.60. The Hall–Kier alpha value is -0.820. The molecule has 0 saturated carbocycles. The van der Waals surface area contributed by atoms with Crippen LogP contribution in [0.25, 0.3) is 0 Å². The highest BCUT2D eigenvalue weighted by Gasteiger charge is 2.04. The lowest BCUT2D eigenvalue weighted by molar-refractivity contribution is 0.627. The molecular formula is C12H9BrFIN2. The minimum Gasteiger partial charge on any atom is -0.397 e. The standard InChI is InChI=1S/C12H9BrFIN2/c13-7-1-3-12(10(16)5-7)17-11-4-2-8(14)6-9(11)15/h1-6,17H,16H2. The maximum Gasteiger partial charge on any atom is 0.124 e. The van der Waals surface area contributed by atoms with Crippen LogP contribution in [0.4, 0.5) is 21.5 Å². The first kappa shape index (κ1) is 12.6. The molecule has 2 rings (SSSR count). The number of rotatable bonds is 2. The molecule has 0 heterocycles. The van der Waals surface area contributed by atoms with Crippen molar-refractivity contribution in [2.24, 2.45) is 0 Å². The van der Waals surface area contributed by atoms with Crippen molar-refractivity contribution >= 4 is 55.6 Å². The second kappa shape index (κ2) is 5.22. The molecule has 0 saturated heterocycles. The summed E-state index contributed by atoms with van der Waals surface area (Å²) in [7, 11) is 0. The van der Waals surface area contributed by atoms with E-state index < -0.39 is 0 Å². The molecule has 0 atom stereocenters. The topological polar surface area (TPSA) is 38.0 Å². The Bertz CT molecular complexity index is 511. The van der Waals surface area contributed by atoms with Gasteiger partial charge in [0, 0.05) is 8.04 Å². The molecule has 0 aliphatic carbocycles. The number of nitrogens with two attached hydrogens (primary N) is 1. The SMILES string of the molecule is Nc1cc(Br)ccc1Nc1ccc(F)cc1I. The fourth-order valence-corrected chi connectivity index (χ4v) is 2.37. The molecule has 88 valence electrons. The summed E-state index contributed by atoms with van der Waals surface area (Å²) in [4.78, 5) is 0. The molecule has 3 N–H and O–H groups in total. The third kappa shape index (κ3) is 3.10. The summed E-state index contributed by atoms with van der Waals surface area (Å²) in [5.74, 6) is -0.247. The third-order valence-electron chi connectivity index (χ3n) is 2.21. The van der Waals surface area contributed by atoms with Gasteiger partial charge in [0.05, 0.1) is 17.1 Å². The highest BCUT2D eigenvalue weighted by molar-refractivity contribution is 14.1. The molecule has 0 unspecified atom stereocenters. The van der Waals surface area contributed by atoms with Crippen LogP contribution in [0.2, 0.25) is 0 Å². The zero-order valence-electron chi connectivity index (χ0n) is 8.68. The van der Waals surface area contributed by atoms with Gasteiger partial charge in [0.25, 0.3) is 0 Å².